The van der Waals surface area contributed by atoms with E-state index in [0.29, 0.717) is 54.3 Å². The Labute approximate surface area is 249 Å². The van der Waals surface area contributed by atoms with E-state index in [0.717, 1.165) is 6.04 Å². The Morgan fingerprint density at radius 1 is 1.14 bits per heavy atom. The number of carboxylic acid groups (broad SMARTS) is 1. The van der Waals surface area contributed by atoms with Crippen LogP contribution in [0.4, 0.5) is 21.0 Å². The lowest BCUT2D eigenvalue weighted by Gasteiger charge is -2.24. The van der Waals surface area contributed by atoms with Crippen molar-refractivity contribution in [3.05, 3.63) is 30.2 Å². The Bertz CT molecular complexity index is 1220. The van der Waals surface area contributed by atoms with E-state index >= 15 is 0 Å². The van der Waals surface area contributed by atoms with Crippen molar-refractivity contribution in [2.75, 3.05) is 24.8 Å². The Hall–Kier alpha value is -3.58. The van der Waals surface area contributed by atoms with Gasteiger partial charge in [-0.05, 0) is 57.9 Å². The third kappa shape index (κ3) is 11.7. The number of aromatic nitrogens is 2. The van der Waals surface area contributed by atoms with Gasteiger partial charge in [-0.15, -0.1) is 0 Å². The van der Waals surface area contributed by atoms with Gasteiger partial charge in [0, 0.05) is 37.8 Å². The van der Waals surface area contributed by atoms with Crippen molar-refractivity contribution in [2.45, 2.75) is 91.0 Å². The molecule has 2 aromatic rings. The van der Waals surface area contributed by atoms with Gasteiger partial charge in [0.2, 0.25) is 0 Å². The minimum atomic E-state index is -1.31. The highest BCUT2D eigenvalue weighted by Crippen LogP contribution is 2.31. The second-order valence-corrected chi connectivity index (χ2v) is 18.2. The van der Waals surface area contributed by atoms with E-state index in [4.69, 9.17) is 20.2 Å². The number of aliphatic carboxylic acids is 1. The van der Waals surface area contributed by atoms with Gasteiger partial charge in [-0.1, -0.05) is 33.0 Å². The maximum atomic E-state index is 12.9. The Morgan fingerprint density at radius 3 is 2.40 bits per heavy atom. The first kappa shape index (κ1) is 34.6. The highest BCUT2D eigenvalue weighted by Gasteiger charge is 2.26. The molecule has 1 unspecified atom stereocenters. The van der Waals surface area contributed by atoms with Crippen molar-refractivity contribution in [2.24, 2.45) is 5.92 Å². The van der Waals surface area contributed by atoms with Crippen LogP contribution < -0.4 is 16.4 Å². The minimum absolute atomic E-state index is 0.201. The van der Waals surface area contributed by atoms with Gasteiger partial charge < -0.3 is 34.9 Å². The first-order valence-corrected chi connectivity index (χ1v) is 17.8. The van der Waals surface area contributed by atoms with Crippen LogP contribution in [0.5, 0.6) is 0 Å². The van der Waals surface area contributed by atoms with E-state index in [1.165, 1.54) is 7.11 Å². The predicted molar refractivity (Wildman–Crippen MR) is 165 cm³/mol. The summed E-state index contributed by atoms with van der Waals surface area (Å²) in [4.78, 5) is 40.7. The molecule has 2 rings (SSSR count). The number of nitrogens with two attached hydrogens (primary N) is 1. The number of rotatable bonds is 14. The van der Waals surface area contributed by atoms with E-state index in [2.05, 4.69) is 35.0 Å². The number of nitrogens with one attached hydrogen (secondary N) is 2. The number of amides is 2. The number of hydrogen-bond donors (Lipinski definition) is 4. The molecule has 5 N–H and O–H groups in total. The fraction of sp³-hybridized carbons (Fsp3) is 0.586. The van der Waals surface area contributed by atoms with E-state index < -0.39 is 43.8 Å². The molecule has 0 spiro atoms. The predicted octanol–water partition coefficient (Wildman–Crippen LogP) is 6.08. The van der Waals surface area contributed by atoms with Crippen molar-refractivity contribution in [3.63, 3.8) is 0 Å². The summed E-state index contributed by atoms with van der Waals surface area (Å²) in [5.74, 6) is -0.862. The van der Waals surface area contributed by atoms with Crippen LogP contribution in [-0.2, 0) is 25.7 Å². The van der Waals surface area contributed by atoms with Gasteiger partial charge in [-0.3, -0.25) is 10.1 Å². The first-order chi connectivity index (χ1) is 19.5. The number of nitrogens with zero attached hydrogens (tertiary/aromatic N) is 2. The number of alkyl carbamates (subject to hydrolysis) is 1. The normalized spacial score (nSPS) is 13.2. The number of benzene rings is 1. The molecule has 234 valence electrons. The molecule has 1 aromatic carbocycles. The van der Waals surface area contributed by atoms with Crippen molar-refractivity contribution in [1.29, 1.82) is 0 Å². The van der Waals surface area contributed by atoms with Crippen LogP contribution in [0.2, 0.25) is 25.7 Å². The number of carbonyl (C=O) groups is 3. The second kappa shape index (κ2) is 15.1. The summed E-state index contributed by atoms with van der Waals surface area (Å²) >= 11 is 0. The van der Waals surface area contributed by atoms with Crippen molar-refractivity contribution < 1.29 is 33.7 Å². The molecule has 0 saturated carbocycles. The van der Waals surface area contributed by atoms with Gasteiger partial charge in [0.1, 0.15) is 18.2 Å². The topological polar surface area (TPSA) is 167 Å². The standard InChI is InChI=1S/C29H47N5O7Si/c1-19(26(35)36)10-9-11-23(33-28(38)41-29(2,3)4)25-32-24(17-34(25)18-40-14-15-42(6,7)8)21-13-12-20(16-22(21)30)31-27(37)39-5/h12-13,16-17,19,23H,9-11,14-15,18,30H2,1-8H3,(H,31,37)(H,33,38)(H,35,36)/t19?,23-/m0/s1. The second-order valence-electron chi connectivity index (χ2n) is 12.6. The number of carboxylic acids is 1. The summed E-state index contributed by atoms with van der Waals surface area (Å²) in [5, 5.41) is 14.9. The molecular weight excluding hydrogens is 558 g/mol. The molecule has 0 radical (unpaired) electrons. The highest BCUT2D eigenvalue weighted by molar-refractivity contribution is 6.76. The number of hydrogen-bond acceptors (Lipinski definition) is 8. The van der Waals surface area contributed by atoms with Crippen molar-refractivity contribution >= 4 is 37.6 Å². The molecule has 0 aliphatic heterocycles. The quantitative estimate of drug-likeness (QED) is 0.113. The molecule has 2 amide bonds. The average molecular weight is 606 g/mol. The fourth-order valence-electron chi connectivity index (χ4n) is 3.99. The number of imidazole rings is 1. The molecular formula is C29H47N5O7Si. The monoisotopic (exact) mass is 605 g/mol. The van der Waals surface area contributed by atoms with Crippen LogP contribution in [-0.4, -0.2) is 60.2 Å². The maximum Gasteiger partial charge on any atom is 0.411 e. The average Bonchev–Trinajstić information content (AvgIpc) is 3.27. The minimum Gasteiger partial charge on any atom is -0.481 e. The Morgan fingerprint density at radius 2 is 1.83 bits per heavy atom. The fourth-order valence-corrected chi connectivity index (χ4v) is 4.75. The lowest BCUT2D eigenvalue weighted by Crippen LogP contribution is -2.36. The number of ether oxygens (including phenoxy) is 3. The maximum absolute atomic E-state index is 12.9. The number of anilines is 2. The largest absolute Gasteiger partial charge is 0.481 e. The molecule has 13 heteroatoms. The van der Waals surface area contributed by atoms with Crippen LogP contribution in [0.15, 0.2) is 24.4 Å². The zero-order valence-corrected chi connectivity index (χ0v) is 27.1. The van der Waals surface area contributed by atoms with Crippen LogP contribution in [0, 0.1) is 5.92 Å². The van der Waals surface area contributed by atoms with Gasteiger partial charge in [0.15, 0.2) is 0 Å². The van der Waals surface area contributed by atoms with Gasteiger partial charge in [0.25, 0.3) is 0 Å². The third-order valence-corrected chi connectivity index (χ3v) is 8.05. The molecule has 42 heavy (non-hydrogen) atoms. The van der Waals surface area contributed by atoms with Crippen LogP contribution in [0.1, 0.15) is 58.8 Å². The highest BCUT2D eigenvalue weighted by atomic mass is 28.3. The molecule has 0 bridgehead atoms. The van der Waals surface area contributed by atoms with Crippen LogP contribution in [0.25, 0.3) is 11.3 Å². The molecule has 1 heterocycles. The smallest absolute Gasteiger partial charge is 0.411 e. The van der Waals surface area contributed by atoms with Crippen molar-refractivity contribution in [3.8, 4) is 11.3 Å². The van der Waals surface area contributed by atoms with Crippen molar-refractivity contribution in [1.82, 2.24) is 14.9 Å². The molecule has 0 aliphatic carbocycles. The van der Waals surface area contributed by atoms with Crippen LogP contribution in [0.3, 0.4) is 0 Å². The van der Waals surface area contributed by atoms with Gasteiger partial charge in [0.05, 0.1) is 24.8 Å². The van der Waals surface area contributed by atoms with E-state index in [9.17, 15) is 19.5 Å². The summed E-state index contributed by atoms with van der Waals surface area (Å²) in [6, 6.07) is 5.44. The lowest BCUT2D eigenvalue weighted by molar-refractivity contribution is -0.141. The summed E-state index contributed by atoms with van der Waals surface area (Å²) in [6.45, 7) is 14.6. The van der Waals surface area contributed by atoms with E-state index in [-0.39, 0.29) is 6.73 Å². The summed E-state index contributed by atoms with van der Waals surface area (Å²) in [7, 11) is -0.0401. The SMILES string of the molecule is COC(=O)Nc1ccc(-c2cn(COCC[Si](C)(C)C)c([C@H](CCCC(C)C(=O)O)NC(=O)OC(C)(C)C)n2)c(N)c1. The molecule has 12 nitrogen and oxygen atoms in total. The summed E-state index contributed by atoms with van der Waals surface area (Å²) < 4.78 is 18.1. The Balaban J connectivity index is 2.46. The number of nitrogen functional groups attached to an aromatic ring is 1. The molecule has 2 atom stereocenters. The zero-order valence-electron chi connectivity index (χ0n) is 26.1. The third-order valence-electron chi connectivity index (χ3n) is 6.35. The van der Waals surface area contributed by atoms with Gasteiger partial charge in [-0.2, -0.15) is 0 Å². The summed E-state index contributed by atoms with van der Waals surface area (Å²) in [6.07, 6.45) is 1.99. The summed E-state index contributed by atoms with van der Waals surface area (Å²) in [5.41, 5.74) is 7.67. The Kier molecular flexibility index (Phi) is 12.4. The molecule has 0 fully saturated rings. The van der Waals surface area contributed by atoms with E-state index in [1.54, 1.807) is 45.9 Å². The molecule has 1 aromatic heterocycles. The number of methoxy groups -OCH3 is 1. The first-order valence-electron chi connectivity index (χ1n) is 14.1. The zero-order chi connectivity index (χ0) is 31.7. The molecule has 0 aliphatic rings. The molecule has 0 saturated heterocycles. The van der Waals surface area contributed by atoms with Gasteiger partial charge in [-0.25, -0.2) is 14.6 Å². The van der Waals surface area contributed by atoms with Gasteiger partial charge >= 0.3 is 18.2 Å². The van der Waals surface area contributed by atoms with E-state index in [1.807, 2.05) is 10.8 Å². The lowest BCUT2D eigenvalue weighted by atomic mass is 10.0. The van der Waals surface area contributed by atoms with Crippen LogP contribution >= 0.6 is 0 Å². The number of carbonyl (C=O) groups excluding carboxylic acids is 2.